The Morgan fingerprint density at radius 1 is 0.829 bits per heavy atom. The maximum Gasteiger partial charge on any atom is 0.238 e. The molecular formula is C35H24N2O4. The molecule has 6 nitrogen and oxygen atoms in total. The van der Waals surface area contributed by atoms with E-state index in [0.29, 0.717) is 16.8 Å². The van der Waals surface area contributed by atoms with E-state index >= 15 is 0 Å². The number of hydrogen-bond acceptors (Lipinski definition) is 5. The van der Waals surface area contributed by atoms with Gasteiger partial charge in [0.2, 0.25) is 5.91 Å². The highest BCUT2D eigenvalue weighted by molar-refractivity contribution is 6.18. The zero-order chi connectivity index (χ0) is 27.7. The molecule has 8 rings (SSSR count). The fourth-order valence-corrected chi connectivity index (χ4v) is 7.35. The van der Waals surface area contributed by atoms with Crippen LogP contribution in [-0.4, -0.2) is 28.4 Å². The molecule has 1 N–H and O–H groups in total. The van der Waals surface area contributed by atoms with Gasteiger partial charge in [-0.3, -0.25) is 14.4 Å². The van der Waals surface area contributed by atoms with Gasteiger partial charge in [-0.15, -0.1) is 0 Å². The maximum absolute atomic E-state index is 14.9. The van der Waals surface area contributed by atoms with Crippen LogP contribution in [0.4, 0.5) is 5.69 Å². The number of Topliss-reactive ketones (excluding diaryl/α,β-unsaturated/α-hetero) is 2. The number of carbonyl (C=O) groups is 3. The minimum absolute atomic E-state index is 0.202. The highest BCUT2D eigenvalue weighted by Gasteiger charge is 2.70. The minimum Gasteiger partial charge on any atom is -0.472 e. The van der Waals surface area contributed by atoms with Gasteiger partial charge in [-0.1, -0.05) is 84.9 Å². The molecule has 4 heterocycles. The molecule has 198 valence electrons. The standard InChI is InChI=1S/C35H24N2O4/c38-31(23-17-19-41-20-23)29-30(32(39)26-13-7-10-21-8-1-3-11-24(21)26)37-18-16-22-9-2-4-12-25(22)33(37)35(29)27-14-5-6-15-28(27)36-34(35)40/h1-20,29-30,33H,(H,36,40). The van der Waals surface area contributed by atoms with Crippen molar-refractivity contribution < 1.29 is 18.8 Å². The van der Waals surface area contributed by atoms with Gasteiger partial charge in [0.05, 0.1) is 23.8 Å². The van der Waals surface area contributed by atoms with Crippen molar-refractivity contribution in [2.24, 2.45) is 5.92 Å². The zero-order valence-electron chi connectivity index (χ0n) is 21.9. The molecule has 3 aliphatic heterocycles. The first-order valence-corrected chi connectivity index (χ1v) is 13.6. The topological polar surface area (TPSA) is 79.6 Å². The molecule has 41 heavy (non-hydrogen) atoms. The van der Waals surface area contributed by atoms with Gasteiger partial charge in [-0.05, 0) is 45.7 Å². The van der Waals surface area contributed by atoms with Crippen molar-refractivity contribution in [1.82, 2.24) is 4.90 Å². The lowest BCUT2D eigenvalue weighted by Crippen LogP contribution is -2.49. The molecule has 4 atom stereocenters. The molecule has 1 saturated heterocycles. The highest BCUT2D eigenvalue weighted by Crippen LogP contribution is 2.62. The summed E-state index contributed by atoms with van der Waals surface area (Å²) in [6.45, 7) is 0. The van der Waals surface area contributed by atoms with Crippen LogP contribution in [0.2, 0.25) is 0 Å². The number of nitrogens with zero attached hydrogens (tertiary/aromatic N) is 1. The molecule has 0 radical (unpaired) electrons. The predicted molar refractivity (Wildman–Crippen MR) is 155 cm³/mol. The summed E-state index contributed by atoms with van der Waals surface area (Å²) >= 11 is 0. The van der Waals surface area contributed by atoms with Gasteiger partial charge in [-0.2, -0.15) is 0 Å². The van der Waals surface area contributed by atoms with Crippen LogP contribution in [0.1, 0.15) is 43.4 Å². The van der Waals surface area contributed by atoms with E-state index in [-0.39, 0.29) is 17.5 Å². The Morgan fingerprint density at radius 3 is 2.49 bits per heavy atom. The van der Waals surface area contributed by atoms with E-state index in [1.54, 1.807) is 6.07 Å². The van der Waals surface area contributed by atoms with E-state index in [1.165, 1.54) is 12.5 Å². The number of nitrogens with one attached hydrogen (secondary N) is 1. The van der Waals surface area contributed by atoms with Gasteiger partial charge in [-0.25, -0.2) is 0 Å². The second-order valence-corrected chi connectivity index (χ2v) is 10.9. The van der Waals surface area contributed by atoms with E-state index in [2.05, 4.69) is 5.32 Å². The van der Waals surface area contributed by atoms with E-state index in [1.807, 2.05) is 108 Å². The van der Waals surface area contributed by atoms with Crippen molar-refractivity contribution in [2.75, 3.05) is 5.32 Å². The molecule has 1 fully saturated rings. The Hall–Kier alpha value is -5.23. The summed E-state index contributed by atoms with van der Waals surface area (Å²) in [5.41, 5.74) is 2.73. The van der Waals surface area contributed by atoms with Crippen LogP contribution in [0.15, 0.2) is 120 Å². The van der Waals surface area contributed by atoms with Crippen LogP contribution >= 0.6 is 0 Å². The van der Waals surface area contributed by atoms with E-state index in [9.17, 15) is 14.4 Å². The fourth-order valence-electron chi connectivity index (χ4n) is 7.35. The molecular weight excluding hydrogens is 512 g/mol. The Morgan fingerprint density at radius 2 is 1.61 bits per heavy atom. The Kier molecular flexibility index (Phi) is 4.98. The Labute approximate surface area is 235 Å². The Balaban J connectivity index is 1.44. The predicted octanol–water partition coefficient (Wildman–Crippen LogP) is 6.41. The molecule has 0 aliphatic carbocycles. The van der Waals surface area contributed by atoms with Crippen LogP contribution in [0.5, 0.6) is 0 Å². The highest BCUT2D eigenvalue weighted by atomic mass is 16.3. The summed E-state index contributed by atoms with van der Waals surface area (Å²) in [5.74, 6) is -1.82. The number of ketones is 2. The van der Waals surface area contributed by atoms with Gasteiger partial charge in [0.15, 0.2) is 11.6 Å². The van der Waals surface area contributed by atoms with Crippen LogP contribution in [0.3, 0.4) is 0 Å². The monoisotopic (exact) mass is 536 g/mol. The lowest BCUT2D eigenvalue weighted by atomic mass is 9.62. The first-order chi connectivity index (χ1) is 20.1. The van der Waals surface area contributed by atoms with Crippen molar-refractivity contribution in [2.45, 2.75) is 17.5 Å². The maximum atomic E-state index is 14.9. The summed E-state index contributed by atoms with van der Waals surface area (Å²) in [4.78, 5) is 46.0. The van der Waals surface area contributed by atoms with Crippen LogP contribution in [0.25, 0.3) is 16.8 Å². The fraction of sp³-hybridized carbons (Fsp3) is 0.114. The third-order valence-corrected chi connectivity index (χ3v) is 8.98. The Bertz CT molecular complexity index is 1920. The number of benzene rings is 4. The minimum atomic E-state index is -1.36. The number of hydrogen-bond donors (Lipinski definition) is 1. The molecule has 4 unspecified atom stereocenters. The molecule has 6 heteroatoms. The van der Waals surface area contributed by atoms with Gasteiger partial charge in [0.1, 0.15) is 17.7 Å². The van der Waals surface area contributed by atoms with Crippen LogP contribution in [-0.2, 0) is 10.2 Å². The first kappa shape index (κ1) is 23.6. The number of rotatable bonds is 4. The first-order valence-electron chi connectivity index (χ1n) is 13.6. The molecule has 0 saturated carbocycles. The summed E-state index contributed by atoms with van der Waals surface area (Å²) < 4.78 is 5.32. The van der Waals surface area contributed by atoms with Gasteiger partial charge < -0.3 is 14.6 Å². The third-order valence-electron chi connectivity index (χ3n) is 8.98. The lowest BCUT2D eigenvalue weighted by Gasteiger charge is -2.38. The summed E-state index contributed by atoms with van der Waals surface area (Å²) in [5, 5.41) is 4.82. The second-order valence-electron chi connectivity index (χ2n) is 10.9. The lowest BCUT2D eigenvalue weighted by molar-refractivity contribution is -0.122. The normalized spacial score (nSPS) is 23.8. The molecule has 1 amide bonds. The molecule has 5 aromatic rings. The van der Waals surface area contributed by atoms with Crippen molar-refractivity contribution in [1.29, 1.82) is 0 Å². The van der Waals surface area contributed by atoms with Crippen molar-refractivity contribution >= 4 is 40.0 Å². The number of fused-ring (bicyclic) bond motifs is 7. The largest absolute Gasteiger partial charge is 0.472 e. The zero-order valence-corrected chi connectivity index (χ0v) is 21.9. The van der Waals surface area contributed by atoms with Gasteiger partial charge in [0.25, 0.3) is 0 Å². The molecule has 3 aliphatic rings. The summed E-state index contributed by atoms with van der Waals surface area (Å²) in [7, 11) is 0. The third kappa shape index (κ3) is 3.10. The van der Waals surface area contributed by atoms with Gasteiger partial charge >= 0.3 is 0 Å². The number of amides is 1. The van der Waals surface area contributed by atoms with Gasteiger partial charge in [0, 0.05) is 17.5 Å². The van der Waals surface area contributed by atoms with Crippen molar-refractivity contribution in [3.8, 4) is 0 Å². The average Bonchev–Trinajstić information content (AvgIpc) is 3.73. The van der Waals surface area contributed by atoms with Crippen LogP contribution < -0.4 is 5.32 Å². The van der Waals surface area contributed by atoms with Crippen molar-refractivity contribution in [3.63, 3.8) is 0 Å². The molecule has 4 aromatic carbocycles. The van der Waals surface area contributed by atoms with Crippen molar-refractivity contribution in [3.05, 3.63) is 144 Å². The SMILES string of the molecule is O=C(c1cccc2ccccc12)C1C(C(=O)c2ccoc2)C2(C(=O)Nc3ccccc32)C2c3ccccc3C=CN12. The van der Waals surface area contributed by atoms with E-state index < -0.39 is 23.4 Å². The second kappa shape index (κ2) is 8.63. The average molecular weight is 537 g/mol. The summed E-state index contributed by atoms with van der Waals surface area (Å²) in [6.07, 6.45) is 6.70. The quantitative estimate of drug-likeness (QED) is 0.268. The summed E-state index contributed by atoms with van der Waals surface area (Å²) in [6, 6.07) is 28.9. The number of furan rings is 1. The number of para-hydroxylation sites is 1. The van der Waals surface area contributed by atoms with E-state index in [0.717, 1.165) is 27.5 Å². The molecule has 1 spiro atoms. The number of carbonyl (C=O) groups excluding carboxylic acids is 3. The van der Waals surface area contributed by atoms with Crippen LogP contribution in [0, 0.1) is 5.92 Å². The van der Waals surface area contributed by atoms with E-state index in [4.69, 9.17) is 4.42 Å². The number of anilines is 1. The smallest absolute Gasteiger partial charge is 0.238 e. The molecule has 1 aromatic heterocycles. The molecule has 0 bridgehead atoms.